The summed E-state index contributed by atoms with van der Waals surface area (Å²) in [7, 11) is 0. The normalized spacial score (nSPS) is 10.5. The first kappa shape index (κ1) is 18.5. The number of rotatable bonds is 8. The maximum absolute atomic E-state index is 12.6. The van der Waals surface area contributed by atoms with Gasteiger partial charge in [-0.15, -0.1) is 0 Å². The molecule has 0 aromatic carbocycles. The molecule has 0 aliphatic carbocycles. The van der Waals surface area contributed by atoms with E-state index >= 15 is 0 Å². The molecule has 7 heteroatoms. The van der Waals surface area contributed by atoms with Crippen LogP contribution in [-0.2, 0) is 11.3 Å². The van der Waals surface area contributed by atoms with E-state index in [1.807, 2.05) is 26.0 Å². The summed E-state index contributed by atoms with van der Waals surface area (Å²) < 4.78 is 0. The molecular weight excluding hydrogens is 318 g/mol. The van der Waals surface area contributed by atoms with Crippen LogP contribution < -0.4 is 5.32 Å². The molecule has 0 aliphatic heterocycles. The van der Waals surface area contributed by atoms with Gasteiger partial charge in [-0.25, -0.2) is 4.98 Å². The molecule has 2 aromatic rings. The van der Waals surface area contributed by atoms with Crippen LogP contribution in [0.2, 0.25) is 0 Å². The Balaban J connectivity index is 1.88. The zero-order valence-electron chi connectivity index (χ0n) is 14.6. The number of aromatic nitrogens is 3. The summed E-state index contributed by atoms with van der Waals surface area (Å²) in [6, 6.07) is 3.72. The van der Waals surface area contributed by atoms with Gasteiger partial charge < -0.3 is 10.2 Å². The third kappa shape index (κ3) is 6.29. The number of hydrogen-bond acceptors (Lipinski definition) is 5. The van der Waals surface area contributed by atoms with Gasteiger partial charge in [-0.3, -0.25) is 19.6 Å². The van der Waals surface area contributed by atoms with Crippen LogP contribution in [0.3, 0.4) is 0 Å². The van der Waals surface area contributed by atoms with Crippen molar-refractivity contribution in [1.82, 2.24) is 25.2 Å². The first-order chi connectivity index (χ1) is 12.1. The summed E-state index contributed by atoms with van der Waals surface area (Å²) in [5.74, 6) is -0.0227. The van der Waals surface area contributed by atoms with E-state index in [1.165, 1.54) is 18.6 Å². The van der Waals surface area contributed by atoms with Gasteiger partial charge in [-0.1, -0.05) is 19.9 Å². The fourth-order valence-corrected chi connectivity index (χ4v) is 2.32. The molecule has 0 fully saturated rings. The predicted octanol–water partition coefficient (Wildman–Crippen LogP) is 1.68. The average Bonchev–Trinajstić information content (AvgIpc) is 2.64. The highest BCUT2D eigenvalue weighted by molar-refractivity contribution is 5.92. The molecule has 0 bridgehead atoms. The molecule has 2 aromatic heterocycles. The van der Waals surface area contributed by atoms with Crippen molar-refractivity contribution >= 4 is 11.8 Å². The highest BCUT2D eigenvalue weighted by atomic mass is 16.2. The van der Waals surface area contributed by atoms with Crippen molar-refractivity contribution in [3.63, 3.8) is 0 Å². The third-order valence-corrected chi connectivity index (χ3v) is 3.48. The van der Waals surface area contributed by atoms with Crippen molar-refractivity contribution in [3.05, 3.63) is 54.4 Å². The van der Waals surface area contributed by atoms with Gasteiger partial charge in [0.15, 0.2) is 0 Å². The number of hydrogen-bond donors (Lipinski definition) is 1. The lowest BCUT2D eigenvalue weighted by atomic mass is 10.2. The highest BCUT2D eigenvalue weighted by Gasteiger charge is 2.19. The van der Waals surface area contributed by atoms with Crippen molar-refractivity contribution < 1.29 is 9.59 Å². The highest BCUT2D eigenvalue weighted by Crippen LogP contribution is 2.06. The Labute approximate surface area is 147 Å². The summed E-state index contributed by atoms with van der Waals surface area (Å²) >= 11 is 0. The Morgan fingerprint density at radius 1 is 1.16 bits per heavy atom. The first-order valence-electron chi connectivity index (χ1n) is 8.27. The molecule has 2 rings (SSSR count). The Bertz CT molecular complexity index is 676. The maximum atomic E-state index is 12.6. The van der Waals surface area contributed by atoms with E-state index in [0.29, 0.717) is 31.2 Å². The Kier molecular flexibility index (Phi) is 7.00. The predicted molar refractivity (Wildman–Crippen MR) is 93.5 cm³/mol. The zero-order chi connectivity index (χ0) is 18.1. The van der Waals surface area contributed by atoms with Crippen molar-refractivity contribution in [2.75, 3.05) is 13.1 Å². The molecule has 2 heterocycles. The molecule has 132 valence electrons. The number of carbonyl (C=O) groups is 2. The molecule has 25 heavy (non-hydrogen) atoms. The first-order valence-corrected chi connectivity index (χ1v) is 8.27. The lowest BCUT2D eigenvalue weighted by Gasteiger charge is -2.24. The molecule has 0 saturated carbocycles. The number of nitrogens with one attached hydrogen (secondary N) is 1. The lowest BCUT2D eigenvalue weighted by molar-refractivity contribution is -0.121. The van der Waals surface area contributed by atoms with Gasteiger partial charge in [-0.2, -0.15) is 0 Å². The number of nitrogens with zero attached hydrogens (tertiary/aromatic N) is 4. The van der Waals surface area contributed by atoms with Crippen molar-refractivity contribution in [1.29, 1.82) is 0 Å². The molecule has 0 aliphatic rings. The number of carbonyl (C=O) groups excluding carboxylic acids is 2. The minimum atomic E-state index is -0.207. The maximum Gasteiger partial charge on any atom is 0.274 e. The molecule has 0 atom stereocenters. The second kappa shape index (κ2) is 9.46. The molecular formula is C18H23N5O2. The standard InChI is InChI=1S/C18H23N5O2/c1-14(2)13-23(18(25)16-12-20-7-8-21-16)9-5-17(24)22-11-15-4-3-6-19-10-15/h3-4,6-8,10,12,14H,5,9,11,13H2,1-2H3,(H,22,24). The summed E-state index contributed by atoms with van der Waals surface area (Å²) in [5, 5.41) is 2.84. The Hall–Kier alpha value is -2.83. The zero-order valence-corrected chi connectivity index (χ0v) is 14.6. The second-order valence-corrected chi connectivity index (χ2v) is 6.12. The van der Waals surface area contributed by atoms with Crippen LogP contribution in [0.5, 0.6) is 0 Å². The van der Waals surface area contributed by atoms with Gasteiger partial charge in [0.1, 0.15) is 5.69 Å². The SMILES string of the molecule is CC(C)CN(CCC(=O)NCc1cccnc1)C(=O)c1cnccn1. The monoisotopic (exact) mass is 341 g/mol. The molecule has 0 radical (unpaired) electrons. The minimum Gasteiger partial charge on any atom is -0.352 e. The van der Waals surface area contributed by atoms with E-state index in [0.717, 1.165) is 5.56 Å². The third-order valence-electron chi connectivity index (χ3n) is 3.48. The molecule has 0 unspecified atom stereocenters. The molecule has 7 nitrogen and oxygen atoms in total. The summed E-state index contributed by atoms with van der Waals surface area (Å²) in [6.07, 6.45) is 8.09. The van der Waals surface area contributed by atoms with Crippen LogP contribution >= 0.6 is 0 Å². The van der Waals surface area contributed by atoms with Crippen LogP contribution in [0.1, 0.15) is 36.3 Å². The van der Waals surface area contributed by atoms with E-state index in [4.69, 9.17) is 0 Å². The lowest BCUT2D eigenvalue weighted by Crippen LogP contribution is -2.38. The van der Waals surface area contributed by atoms with E-state index in [2.05, 4.69) is 20.3 Å². The van der Waals surface area contributed by atoms with Crippen molar-refractivity contribution in [2.24, 2.45) is 5.92 Å². The van der Waals surface area contributed by atoms with Crippen LogP contribution in [0.4, 0.5) is 0 Å². The molecule has 0 saturated heterocycles. The molecule has 1 N–H and O–H groups in total. The molecule has 0 spiro atoms. The largest absolute Gasteiger partial charge is 0.352 e. The topological polar surface area (TPSA) is 88.1 Å². The fourth-order valence-electron chi connectivity index (χ4n) is 2.32. The minimum absolute atomic E-state index is 0.107. The number of amides is 2. The van der Waals surface area contributed by atoms with Gasteiger partial charge >= 0.3 is 0 Å². The summed E-state index contributed by atoms with van der Waals surface area (Å²) in [6.45, 7) is 5.38. The van der Waals surface area contributed by atoms with E-state index in [1.54, 1.807) is 17.3 Å². The Morgan fingerprint density at radius 2 is 1.96 bits per heavy atom. The van der Waals surface area contributed by atoms with Gasteiger partial charge in [-0.05, 0) is 17.5 Å². The van der Waals surface area contributed by atoms with Gasteiger partial charge in [0.25, 0.3) is 5.91 Å². The van der Waals surface area contributed by atoms with Crippen LogP contribution in [0.15, 0.2) is 43.1 Å². The quantitative estimate of drug-likeness (QED) is 0.789. The molecule has 2 amide bonds. The van der Waals surface area contributed by atoms with Crippen LogP contribution in [0, 0.1) is 5.92 Å². The van der Waals surface area contributed by atoms with Crippen molar-refractivity contribution in [2.45, 2.75) is 26.8 Å². The van der Waals surface area contributed by atoms with Gasteiger partial charge in [0, 0.05) is 50.8 Å². The van der Waals surface area contributed by atoms with Crippen LogP contribution in [0.25, 0.3) is 0 Å². The van der Waals surface area contributed by atoms with Gasteiger partial charge in [0.2, 0.25) is 5.91 Å². The smallest absolute Gasteiger partial charge is 0.274 e. The fraction of sp³-hybridized carbons (Fsp3) is 0.389. The average molecular weight is 341 g/mol. The number of pyridine rings is 1. The Morgan fingerprint density at radius 3 is 2.60 bits per heavy atom. The van der Waals surface area contributed by atoms with Gasteiger partial charge in [0.05, 0.1) is 6.20 Å². The summed E-state index contributed by atoms with van der Waals surface area (Å²) in [5.41, 5.74) is 1.23. The van der Waals surface area contributed by atoms with Crippen LogP contribution in [-0.4, -0.2) is 44.8 Å². The van der Waals surface area contributed by atoms with Crippen molar-refractivity contribution in [3.8, 4) is 0 Å². The second-order valence-electron chi connectivity index (χ2n) is 6.12. The van der Waals surface area contributed by atoms with E-state index in [-0.39, 0.29) is 18.2 Å². The van der Waals surface area contributed by atoms with E-state index < -0.39 is 0 Å². The summed E-state index contributed by atoms with van der Waals surface area (Å²) in [4.78, 5) is 38.3. The van der Waals surface area contributed by atoms with E-state index in [9.17, 15) is 9.59 Å².